The van der Waals surface area contributed by atoms with Crippen molar-refractivity contribution < 1.29 is 18.9 Å². The Bertz CT molecular complexity index is 1700. The number of anilines is 1. The van der Waals surface area contributed by atoms with Crippen molar-refractivity contribution in [2.45, 2.75) is 105 Å². The van der Waals surface area contributed by atoms with Crippen LogP contribution in [0.25, 0.3) is 24.3 Å². The number of rotatable bonds is 28. The highest BCUT2D eigenvalue weighted by Gasteiger charge is 2.11. The molecule has 0 spiro atoms. The van der Waals surface area contributed by atoms with Crippen LogP contribution < -0.4 is 23.8 Å². The molecule has 0 saturated carbocycles. The first-order chi connectivity index (χ1) is 27.5. The van der Waals surface area contributed by atoms with E-state index in [0.717, 1.165) is 75.7 Å². The minimum Gasteiger partial charge on any atom is -0.493 e. The molecule has 0 N–H and O–H groups in total. The van der Waals surface area contributed by atoms with Crippen LogP contribution >= 0.6 is 15.9 Å². The number of halogens is 1. The lowest BCUT2D eigenvalue weighted by Crippen LogP contribution is -2.21. The second-order valence-corrected chi connectivity index (χ2v) is 15.2. The molecule has 6 heteroatoms. The third-order valence-corrected chi connectivity index (χ3v) is 10.4. The first-order valence-electron chi connectivity index (χ1n) is 21.3. The standard InChI is InChI=1S/C50H66BrNO4/c1-5-9-11-13-15-17-35-55-49-40-44(26-20-42-23-31-47(32-24-42)53-37-38-54-48-33-27-45(51)28-34-48)50(56-36-18-16-14-12-10-6-2)39-43(49)25-19-41-21-29-46(30-22-41)52(7-3)8-4/h19-34,39-40H,5-18,35-38H2,1-4H3/b25-19+,26-20+. The molecular formula is C50H66BrNO4. The van der Waals surface area contributed by atoms with Gasteiger partial charge in [0.1, 0.15) is 36.2 Å². The van der Waals surface area contributed by atoms with E-state index in [-0.39, 0.29) is 0 Å². The van der Waals surface area contributed by atoms with Crippen LogP contribution in [0.15, 0.2) is 89.4 Å². The summed E-state index contributed by atoms with van der Waals surface area (Å²) in [7, 11) is 0. The van der Waals surface area contributed by atoms with Gasteiger partial charge in [-0.05, 0) is 98.5 Å². The van der Waals surface area contributed by atoms with Gasteiger partial charge in [-0.2, -0.15) is 0 Å². The first-order valence-corrected chi connectivity index (χ1v) is 22.1. The molecule has 56 heavy (non-hydrogen) atoms. The first kappa shape index (κ1) is 44.6. The van der Waals surface area contributed by atoms with Crippen molar-refractivity contribution >= 4 is 45.9 Å². The zero-order valence-corrected chi connectivity index (χ0v) is 36.2. The molecule has 0 aliphatic heterocycles. The zero-order chi connectivity index (χ0) is 39.6. The number of ether oxygens (including phenoxy) is 4. The lowest BCUT2D eigenvalue weighted by molar-refractivity contribution is 0.217. The van der Waals surface area contributed by atoms with Crippen LogP contribution in [-0.4, -0.2) is 39.5 Å². The molecule has 0 atom stereocenters. The molecule has 0 aliphatic rings. The monoisotopic (exact) mass is 823 g/mol. The van der Waals surface area contributed by atoms with Crippen molar-refractivity contribution in [2.24, 2.45) is 0 Å². The lowest BCUT2D eigenvalue weighted by Gasteiger charge is -2.20. The molecular weight excluding hydrogens is 758 g/mol. The Labute approximate surface area is 347 Å². The Balaban J connectivity index is 1.51. The molecule has 0 bridgehead atoms. The van der Waals surface area contributed by atoms with Gasteiger partial charge in [0.25, 0.3) is 0 Å². The van der Waals surface area contributed by atoms with Crippen LogP contribution in [0.3, 0.4) is 0 Å². The van der Waals surface area contributed by atoms with E-state index in [1.54, 1.807) is 0 Å². The summed E-state index contributed by atoms with van der Waals surface area (Å²) in [5, 5.41) is 0. The number of nitrogens with zero attached hydrogens (tertiary/aromatic N) is 1. The molecule has 0 radical (unpaired) electrons. The van der Waals surface area contributed by atoms with E-state index in [9.17, 15) is 0 Å². The minimum absolute atomic E-state index is 0.467. The number of benzene rings is 4. The summed E-state index contributed by atoms with van der Waals surface area (Å²) in [6.45, 7) is 13.2. The maximum Gasteiger partial charge on any atom is 0.127 e. The van der Waals surface area contributed by atoms with E-state index in [1.807, 2.05) is 36.4 Å². The normalized spacial score (nSPS) is 11.4. The summed E-state index contributed by atoms with van der Waals surface area (Å²) >= 11 is 3.46. The smallest absolute Gasteiger partial charge is 0.127 e. The van der Waals surface area contributed by atoms with Crippen LogP contribution in [-0.2, 0) is 0 Å². The van der Waals surface area contributed by atoms with Crippen molar-refractivity contribution in [3.63, 3.8) is 0 Å². The van der Waals surface area contributed by atoms with Crippen molar-refractivity contribution in [1.82, 2.24) is 0 Å². The van der Waals surface area contributed by atoms with Gasteiger partial charge in [0.05, 0.1) is 13.2 Å². The summed E-state index contributed by atoms with van der Waals surface area (Å²) in [6, 6.07) is 29.1. The van der Waals surface area contributed by atoms with Gasteiger partial charge in [0.15, 0.2) is 0 Å². The third kappa shape index (κ3) is 16.5. The minimum atomic E-state index is 0.467. The van der Waals surface area contributed by atoms with Crippen molar-refractivity contribution in [1.29, 1.82) is 0 Å². The van der Waals surface area contributed by atoms with Crippen molar-refractivity contribution in [3.05, 3.63) is 112 Å². The highest BCUT2D eigenvalue weighted by atomic mass is 79.9. The lowest BCUT2D eigenvalue weighted by atomic mass is 10.0. The van der Waals surface area contributed by atoms with Gasteiger partial charge in [-0.15, -0.1) is 0 Å². The Morgan fingerprint density at radius 2 is 0.857 bits per heavy atom. The largest absolute Gasteiger partial charge is 0.493 e. The Morgan fingerprint density at radius 1 is 0.446 bits per heavy atom. The Kier molecular flexibility index (Phi) is 21.2. The van der Waals surface area contributed by atoms with Gasteiger partial charge >= 0.3 is 0 Å². The van der Waals surface area contributed by atoms with Crippen LogP contribution in [0.1, 0.15) is 127 Å². The van der Waals surface area contributed by atoms with E-state index in [2.05, 4.69) is 121 Å². The number of hydrogen-bond acceptors (Lipinski definition) is 5. The molecule has 4 aromatic rings. The van der Waals surface area contributed by atoms with E-state index in [0.29, 0.717) is 26.4 Å². The molecule has 302 valence electrons. The van der Waals surface area contributed by atoms with E-state index in [4.69, 9.17) is 18.9 Å². The number of unbranched alkanes of at least 4 members (excludes halogenated alkanes) is 10. The van der Waals surface area contributed by atoms with Gasteiger partial charge in [0, 0.05) is 34.4 Å². The predicted molar refractivity (Wildman–Crippen MR) is 244 cm³/mol. The second-order valence-electron chi connectivity index (χ2n) is 14.3. The number of hydrogen-bond donors (Lipinski definition) is 0. The van der Waals surface area contributed by atoms with E-state index in [1.165, 1.54) is 69.9 Å². The predicted octanol–water partition coefficient (Wildman–Crippen LogP) is 14.6. The average molecular weight is 825 g/mol. The maximum atomic E-state index is 6.56. The summed E-state index contributed by atoms with van der Waals surface area (Å²) in [5.74, 6) is 3.40. The molecule has 0 aromatic heterocycles. The molecule has 0 aliphatic carbocycles. The zero-order valence-electron chi connectivity index (χ0n) is 34.6. The molecule has 0 heterocycles. The molecule has 4 rings (SSSR count). The highest BCUT2D eigenvalue weighted by Crippen LogP contribution is 2.33. The van der Waals surface area contributed by atoms with Crippen LogP contribution in [0.5, 0.6) is 23.0 Å². The molecule has 0 saturated heterocycles. The molecule has 0 fully saturated rings. The Morgan fingerprint density at radius 3 is 1.30 bits per heavy atom. The molecule has 0 amide bonds. The fourth-order valence-electron chi connectivity index (χ4n) is 6.51. The Hall–Kier alpha value is -4.16. The average Bonchev–Trinajstić information content (AvgIpc) is 3.22. The van der Waals surface area contributed by atoms with Crippen molar-refractivity contribution in [2.75, 3.05) is 44.4 Å². The molecule has 5 nitrogen and oxygen atoms in total. The van der Waals surface area contributed by atoms with Gasteiger partial charge < -0.3 is 23.8 Å². The summed E-state index contributed by atoms with van der Waals surface area (Å²) < 4.78 is 25.9. The molecule has 0 unspecified atom stereocenters. The van der Waals surface area contributed by atoms with Gasteiger partial charge in [-0.3, -0.25) is 0 Å². The fourth-order valence-corrected chi connectivity index (χ4v) is 6.78. The van der Waals surface area contributed by atoms with Crippen LogP contribution in [0.4, 0.5) is 5.69 Å². The third-order valence-electron chi connectivity index (χ3n) is 9.90. The second kappa shape index (κ2) is 26.6. The van der Waals surface area contributed by atoms with Gasteiger partial charge in [0.2, 0.25) is 0 Å². The summed E-state index contributed by atoms with van der Waals surface area (Å²) in [4.78, 5) is 2.37. The topological polar surface area (TPSA) is 40.2 Å². The fraction of sp³-hybridized carbons (Fsp3) is 0.440. The van der Waals surface area contributed by atoms with Crippen LogP contribution in [0.2, 0.25) is 0 Å². The SMILES string of the molecule is CCCCCCCCOc1cc(/C=C/c2ccc(N(CC)CC)cc2)c(OCCCCCCCC)cc1/C=C/c1ccc(OCCOc2ccc(Br)cc2)cc1. The maximum absolute atomic E-state index is 6.56. The quantitative estimate of drug-likeness (QED) is 0.0421. The highest BCUT2D eigenvalue weighted by molar-refractivity contribution is 9.10. The van der Waals surface area contributed by atoms with Gasteiger partial charge in [-0.25, -0.2) is 0 Å². The van der Waals surface area contributed by atoms with E-state index >= 15 is 0 Å². The van der Waals surface area contributed by atoms with E-state index < -0.39 is 0 Å². The molecule has 4 aromatic carbocycles. The van der Waals surface area contributed by atoms with Crippen molar-refractivity contribution in [3.8, 4) is 23.0 Å². The summed E-state index contributed by atoms with van der Waals surface area (Å²) in [6.07, 6.45) is 23.3. The van der Waals surface area contributed by atoms with Gasteiger partial charge in [-0.1, -0.05) is 143 Å². The van der Waals surface area contributed by atoms with Crippen LogP contribution in [0, 0.1) is 0 Å². The summed E-state index contributed by atoms with van der Waals surface area (Å²) in [5.41, 5.74) is 5.54.